The fraction of sp³-hybridized carbons (Fsp3) is 0.500. The number of aromatic nitrogens is 1. The van der Waals surface area contributed by atoms with Gasteiger partial charge in [0.2, 0.25) is 0 Å². The Morgan fingerprint density at radius 3 is 2.78 bits per heavy atom. The molecule has 170 valence electrons. The van der Waals surface area contributed by atoms with E-state index in [9.17, 15) is 4.79 Å². The smallest absolute Gasteiger partial charge is 0.258 e. The minimum Gasteiger partial charge on any atom is -0.398 e. The maximum absolute atomic E-state index is 15.6. The lowest BCUT2D eigenvalue weighted by Gasteiger charge is -2.28. The Morgan fingerprint density at radius 1 is 1.31 bits per heavy atom. The van der Waals surface area contributed by atoms with Gasteiger partial charge in [0.05, 0.1) is 10.6 Å². The number of hydrogen-bond acceptors (Lipinski definition) is 5. The van der Waals surface area contributed by atoms with E-state index in [2.05, 4.69) is 15.2 Å². The molecule has 2 aliphatic heterocycles. The van der Waals surface area contributed by atoms with Crippen molar-refractivity contribution in [2.24, 2.45) is 0 Å². The van der Waals surface area contributed by atoms with E-state index in [-0.39, 0.29) is 22.2 Å². The number of nitrogens with zero attached hydrogens (tertiary/aromatic N) is 3. The molecule has 1 aliphatic carbocycles. The van der Waals surface area contributed by atoms with Crippen LogP contribution >= 0.6 is 11.6 Å². The summed E-state index contributed by atoms with van der Waals surface area (Å²) in [7, 11) is 3.15. The summed E-state index contributed by atoms with van der Waals surface area (Å²) in [4.78, 5) is 21.1. The maximum Gasteiger partial charge on any atom is 0.258 e. The van der Waals surface area contributed by atoms with E-state index in [4.69, 9.17) is 17.3 Å². The van der Waals surface area contributed by atoms with Crippen molar-refractivity contribution in [3.63, 3.8) is 0 Å². The van der Waals surface area contributed by atoms with E-state index in [1.54, 1.807) is 32.4 Å². The molecule has 0 unspecified atom stereocenters. The van der Waals surface area contributed by atoms with Gasteiger partial charge in [-0.2, -0.15) is 0 Å². The average molecular weight is 458 g/mol. The van der Waals surface area contributed by atoms with Crippen LogP contribution in [0.15, 0.2) is 18.3 Å². The lowest BCUT2D eigenvalue weighted by molar-refractivity contribution is 0.0824. The van der Waals surface area contributed by atoms with Crippen molar-refractivity contribution >= 4 is 29.0 Å². The van der Waals surface area contributed by atoms with Gasteiger partial charge in [-0.25, -0.2) is 9.37 Å². The summed E-state index contributed by atoms with van der Waals surface area (Å²) in [5, 5.41) is 3.97. The molecular formula is C24H29ClFN5O. The van der Waals surface area contributed by atoms with Gasteiger partial charge in [0.25, 0.3) is 5.91 Å². The molecule has 2 atom stereocenters. The van der Waals surface area contributed by atoms with E-state index in [1.165, 1.54) is 30.8 Å². The third kappa shape index (κ3) is 3.25. The fourth-order valence-electron chi connectivity index (χ4n) is 5.78. The Hall–Kier alpha value is -2.38. The number of likely N-dealkylation sites (tertiary alicyclic amines) is 1. The van der Waals surface area contributed by atoms with Gasteiger partial charge in [-0.05, 0) is 57.3 Å². The molecule has 1 saturated carbocycles. The molecule has 3 aliphatic rings. The van der Waals surface area contributed by atoms with E-state index in [0.29, 0.717) is 16.6 Å². The Bertz CT molecular complexity index is 1080. The number of nitrogens with one attached hydrogen (secondary N) is 1. The first-order valence-electron chi connectivity index (χ1n) is 11.3. The molecule has 3 heterocycles. The van der Waals surface area contributed by atoms with Crippen molar-refractivity contribution in [3.05, 3.63) is 40.3 Å². The van der Waals surface area contributed by atoms with Crippen molar-refractivity contribution in [2.75, 3.05) is 44.8 Å². The van der Waals surface area contributed by atoms with E-state index in [0.717, 1.165) is 37.2 Å². The number of carbonyl (C=O) groups excluding carboxylic acids is 1. The predicted octanol–water partition coefficient (Wildman–Crippen LogP) is 4.14. The minimum absolute atomic E-state index is 0.0880. The van der Waals surface area contributed by atoms with Gasteiger partial charge < -0.3 is 20.9 Å². The minimum atomic E-state index is -0.659. The van der Waals surface area contributed by atoms with Gasteiger partial charge in [0, 0.05) is 60.7 Å². The highest BCUT2D eigenvalue weighted by molar-refractivity contribution is 6.34. The second-order valence-electron chi connectivity index (χ2n) is 9.57. The number of hydrogen-bond donors (Lipinski definition) is 2. The standard InChI is InChI=1S/C24H29ClFN5O/c1-30(2)23(32)18-17(27)6-5-15(21(18)26)16-12-28-22-19(20(16)25)24(13-29-22)8-7-14(11-24)31-9-3-4-10-31/h5-6,12,14H,3-4,7-11,13,27H2,1-2H3,(H,28,29)/t14-,24-/m1/s1. The van der Waals surface area contributed by atoms with Crippen LogP contribution in [0, 0.1) is 5.82 Å². The molecule has 1 amide bonds. The summed E-state index contributed by atoms with van der Waals surface area (Å²) in [5.74, 6) is -0.343. The highest BCUT2D eigenvalue weighted by Gasteiger charge is 2.49. The molecule has 32 heavy (non-hydrogen) atoms. The first-order valence-corrected chi connectivity index (χ1v) is 11.7. The molecule has 6 nitrogen and oxygen atoms in total. The summed E-state index contributed by atoms with van der Waals surface area (Å²) < 4.78 is 15.6. The number of nitrogen functional groups attached to an aromatic ring is 1. The monoisotopic (exact) mass is 457 g/mol. The summed E-state index contributed by atoms with van der Waals surface area (Å²) in [6.07, 6.45) is 7.35. The summed E-state index contributed by atoms with van der Waals surface area (Å²) in [5.41, 5.74) is 7.59. The van der Waals surface area contributed by atoms with Crippen molar-refractivity contribution in [2.45, 2.75) is 43.6 Å². The Morgan fingerprint density at radius 2 is 2.06 bits per heavy atom. The van der Waals surface area contributed by atoms with Crippen LogP contribution in [0.25, 0.3) is 11.1 Å². The Kier molecular flexibility index (Phi) is 5.29. The lowest BCUT2D eigenvalue weighted by atomic mass is 9.80. The fourth-order valence-corrected chi connectivity index (χ4v) is 6.22. The third-order valence-electron chi connectivity index (χ3n) is 7.46. The number of fused-ring (bicyclic) bond motifs is 2. The number of nitrogens with two attached hydrogens (primary N) is 1. The molecular weight excluding hydrogens is 429 g/mol. The van der Waals surface area contributed by atoms with Crippen LogP contribution in [0.2, 0.25) is 5.02 Å². The third-order valence-corrected chi connectivity index (χ3v) is 7.86. The molecule has 0 bridgehead atoms. The Balaban J connectivity index is 1.56. The van der Waals surface area contributed by atoms with E-state index < -0.39 is 11.7 Å². The molecule has 3 N–H and O–H groups in total. The molecule has 1 spiro atoms. The van der Waals surface area contributed by atoms with Gasteiger partial charge in [-0.1, -0.05) is 11.6 Å². The Labute approximate surface area is 192 Å². The highest BCUT2D eigenvalue weighted by Crippen LogP contribution is 2.53. The average Bonchev–Trinajstić information content (AvgIpc) is 3.50. The van der Waals surface area contributed by atoms with Gasteiger partial charge in [-0.15, -0.1) is 0 Å². The van der Waals surface area contributed by atoms with Crippen LogP contribution in [0.1, 0.15) is 48.0 Å². The maximum atomic E-state index is 15.6. The van der Waals surface area contributed by atoms with Crippen LogP contribution < -0.4 is 11.1 Å². The first-order chi connectivity index (χ1) is 15.3. The number of rotatable bonds is 3. The number of carbonyl (C=O) groups is 1. The SMILES string of the molecule is CN(C)C(=O)c1c(N)ccc(-c2cnc3c(c2Cl)[C@@]2(CC[C@@H](N4CCCC4)C2)CN3)c1F. The zero-order chi connectivity index (χ0) is 22.6. The second kappa shape index (κ2) is 7.89. The zero-order valence-electron chi connectivity index (χ0n) is 18.5. The number of halogens is 2. The van der Waals surface area contributed by atoms with Crippen LogP contribution in [0.5, 0.6) is 0 Å². The number of amides is 1. The molecule has 5 rings (SSSR count). The lowest BCUT2D eigenvalue weighted by Crippen LogP contribution is -2.34. The van der Waals surface area contributed by atoms with Crippen LogP contribution in [-0.2, 0) is 5.41 Å². The molecule has 2 fully saturated rings. The zero-order valence-corrected chi connectivity index (χ0v) is 19.3. The van der Waals surface area contributed by atoms with Crippen molar-refractivity contribution < 1.29 is 9.18 Å². The van der Waals surface area contributed by atoms with Crippen molar-refractivity contribution in [1.82, 2.24) is 14.8 Å². The quantitative estimate of drug-likeness (QED) is 0.677. The molecule has 1 aromatic carbocycles. The number of anilines is 2. The van der Waals surface area contributed by atoms with Crippen molar-refractivity contribution in [1.29, 1.82) is 0 Å². The number of benzene rings is 1. The van der Waals surface area contributed by atoms with Gasteiger partial charge in [0.1, 0.15) is 11.6 Å². The van der Waals surface area contributed by atoms with Gasteiger partial charge in [-0.3, -0.25) is 4.79 Å². The summed E-state index contributed by atoms with van der Waals surface area (Å²) in [6, 6.07) is 3.71. The number of pyridine rings is 1. The molecule has 1 aromatic heterocycles. The normalized spacial score (nSPS) is 24.7. The largest absolute Gasteiger partial charge is 0.398 e. The summed E-state index contributed by atoms with van der Waals surface area (Å²) >= 11 is 6.99. The van der Waals surface area contributed by atoms with Gasteiger partial charge in [0.15, 0.2) is 0 Å². The highest BCUT2D eigenvalue weighted by atomic mass is 35.5. The molecule has 8 heteroatoms. The molecule has 2 aromatic rings. The summed E-state index contributed by atoms with van der Waals surface area (Å²) in [6.45, 7) is 3.15. The van der Waals surface area contributed by atoms with Gasteiger partial charge >= 0.3 is 0 Å². The van der Waals surface area contributed by atoms with Crippen molar-refractivity contribution in [3.8, 4) is 11.1 Å². The molecule has 0 radical (unpaired) electrons. The van der Waals surface area contributed by atoms with E-state index in [1.807, 2.05) is 0 Å². The second-order valence-corrected chi connectivity index (χ2v) is 9.95. The molecule has 1 saturated heterocycles. The first kappa shape index (κ1) is 21.5. The topological polar surface area (TPSA) is 74.5 Å². The predicted molar refractivity (Wildman–Crippen MR) is 126 cm³/mol. The van der Waals surface area contributed by atoms with E-state index >= 15 is 4.39 Å². The van der Waals surface area contributed by atoms with Crippen LogP contribution in [-0.4, -0.2) is 60.5 Å². The van der Waals surface area contributed by atoms with Crippen LogP contribution in [0.4, 0.5) is 15.9 Å². The van der Waals surface area contributed by atoms with Crippen LogP contribution in [0.3, 0.4) is 0 Å².